The topological polar surface area (TPSA) is 34.9 Å². The highest BCUT2D eigenvalue weighted by atomic mass is 19.1. The van der Waals surface area contributed by atoms with E-state index in [1.54, 1.807) is 29.7 Å². The number of rotatable bonds is 3. The number of carbonyl (C=O) groups is 1. The molecule has 3 aromatic rings. The maximum Gasteiger partial charge on any atom is 0.152 e. The van der Waals surface area contributed by atoms with E-state index in [0.29, 0.717) is 11.4 Å². The fourth-order valence-corrected chi connectivity index (χ4v) is 2.45. The number of hydrogen-bond acceptors (Lipinski definition) is 2. The first-order chi connectivity index (χ1) is 10.1. The number of carbonyl (C=O) groups excluding carboxylic acids is 1. The summed E-state index contributed by atoms with van der Waals surface area (Å²) in [6, 6.07) is 13.6. The Hall–Kier alpha value is -2.49. The van der Waals surface area contributed by atoms with Crippen molar-refractivity contribution in [1.29, 1.82) is 0 Å². The zero-order chi connectivity index (χ0) is 15.0. The summed E-state index contributed by atoms with van der Waals surface area (Å²) in [5.74, 6) is 0.151. The molecule has 21 heavy (non-hydrogen) atoms. The van der Waals surface area contributed by atoms with Crippen molar-refractivity contribution in [3.8, 4) is 11.4 Å². The van der Waals surface area contributed by atoms with Gasteiger partial charge in [-0.1, -0.05) is 24.3 Å². The van der Waals surface area contributed by atoms with E-state index in [9.17, 15) is 9.18 Å². The molecule has 0 spiro atoms. The molecule has 0 saturated heterocycles. The predicted molar refractivity (Wildman–Crippen MR) is 80.5 cm³/mol. The molecular weight excluding hydrogens is 267 g/mol. The highest BCUT2D eigenvalue weighted by Crippen LogP contribution is 2.30. The molecule has 0 radical (unpaired) electrons. The minimum Gasteiger partial charge on any atom is -0.314 e. The van der Waals surface area contributed by atoms with Crippen LogP contribution >= 0.6 is 0 Å². The summed E-state index contributed by atoms with van der Waals surface area (Å²) in [5.41, 5.74) is 1.99. The Morgan fingerprint density at radius 3 is 2.52 bits per heavy atom. The van der Waals surface area contributed by atoms with Gasteiger partial charge in [0.25, 0.3) is 0 Å². The minimum atomic E-state index is -0.396. The third-order valence-electron chi connectivity index (χ3n) is 3.69. The lowest BCUT2D eigenvalue weighted by molar-refractivity contribution is -0.119. The first-order valence-electron chi connectivity index (χ1n) is 6.82. The Labute approximate surface area is 122 Å². The van der Waals surface area contributed by atoms with Gasteiger partial charge in [-0.15, -0.1) is 0 Å². The van der Waals surface area contributed by atoms with Gasteiger partial charge in [-0.3, -0.25) is 4.79 Å². The van der Waals surface area contributed by atoms with E-state index in [0.717, 1.165) is 11.0 Å². The molecule has 1 aromatic heterocycles. The molecule has 0 bridgehead atoms. The molecule has 0 aliphatic carbocycles. The predicted octanol–water partition coefficient (Wildman–Crippen LogP) is 3.99. The van der Waals surface area contributed by atoms with Crippen LogP contribution in [0.15, 0.2) is 48.5 Å². The van der Waals surface area contributed by atoms with Gasteiger partial charge in [-0.25, -0.2) is 9.37 Å². The molecule has 4 heteroatoms. The van der Waals surface area contributed by atoms with E-state index >= 15 is 0 Å². The van der Waals surface area contributed by atoms with Crippen molar-refractivity contribution in [3.05, 3.63) is 54.3 Å². The summed E-state index contributed by atoms with van der Waals surface area (Å²) in [6.45, 7) is 3.34. The number of Topliss-reactive ketones (excluding diaryl/α,β-unsaturated/α-hetero) is 1. The maximum atomic E-state index is 14.1. The van der Waals surface area contributed by atoms with Crippen LogP contribution in [0.3, 0.4) is 0 Å². The number of imidazole rings is 1. The quantitative estimate of drug-likeness (QED) is 0.728. The Bertz CT molecular complexity index is 823. The van der Waals surface area contributed by atoms with Gasteiger partial charge >= 0.3 is 0 Å². The molecular formula is C17H15FN2O. The summed E-state index contributed by atoms with van der Waals surface area (Å²) in [7, 11) is 0. The van der Waals surface area contributed by atoms with Crippen molar-refractivity contribution in [2.24, 2.45) is 0 Å². The maximum absolute atomic E-state index is 14.1. The normalized spacial score (nSPS) is 12.5. The summed E-state index contributed by atoms with van der Waals surface area (Å²) in [4.78, 5) is 16.3. The molecule has 106 valence electrons. The highest BCUT2D eigenvalue weighted by molar-refractivity contribution is 5.86. The van der Waals surface area contributed by atoms with Crippen LogP contribution in [0.4, 0.5) is 4.39 Å². The van der Waals surface area contributed by atoms with Crippen molar-refractivity contribution < 1.29 is 9.18 Å². The summed E-state index contributed by atoms with van der Waals surface area (Å²) >= 11 is 0. The number of benzene rings is 2. The average molecular weight is 282 g/mol. The van der Waals surface area contributed by atoms with Crippen LogP contribution < -0.4 is 0 Å². The molecule has 0 fully saturated rings. The van der Waals surface area contributed by atoms with Crippen molar-refractivity contribution in [2.75, 3.05) is 0 Å². The summed E-state index contributed by atoms with van der Waals surface area (Å²) < 4.78 is 15.9. The molecule has 1 atom stereocenters. The Balaban J connectivity index is 2.34. The van der Waals surface area contributed by atoms with Crippen molar-refractivity contribution in [3.63, 3.8) is 0 Å². The van der Waals surface area contributed by atoms with E-state index < -0.39 is 6.04 Å². The van der Waals surface area contributed by atoms with Crippen LogP contribution in [-0.4, -0.2) is 15.3 Å². The van der Waals surface area contributed by atoms with Gasteiger partial charge in [-0.2, -0.15) is 0 Å². The fraction of sp³-hybridized carbons (Fsp3) is 0.176. The van der Waals surface area contributed by atoms with Gasteiger partial charge in [0.2, 0.25) is 0 Å². The van der Waals surface area contributed by atoms with E-state index in [1.165, 1.54) is 13.0 Å². The van der Waals surface area contributed by atoms with Crippen LogP contribution in [0.2, 0.25) is 0 Å². The smallest absolute Gasteiger partial charge is 0.152 e. The van der Waals surface area contributed by atoms with Crippen LogP contribution in [-0.2, 0) is 4.79 Å². The van der Waals surface area contributed by atoms with Gasteiger partial charge < -0.3 is 4.57 Å². The van der Waals surface area contributed by atoms with Gasteiger partial charge in [0.15, 0.2) is 5.78 Å². The first-order valence-corrected chi connectivity index (χ1v) is 6.82. The molecule has 2 aromatic carbocycles. The number of halogens is 1. The van der Waals surface area contributed by atoms with Crippen LogP contribution in [0, 0.1) is 5.82 Å². The molecule has 0 N–H and O–H groups in total. The van der Waals surface area contributed by atoms with Gasteiger partial charge in [0.05, 0.1) is 22.6 Å². The lowest BCUT2D eigenvalue weighted by atomic mass is 10.1. The second-order valence-corrected chi connectivity index (χ2v) is 5.06. The van der Waals surface area contributed by atoms with Gasteiger partial charge in [0.1, 0.15) is 11.6 Å². The molecule has 0 amide bonds. The van der Waals surface area contributed by atoms with Gasteiger partial charge in [0, 0.05) is 0 Å². The standard InChI is InChI=1S/C17H15FN2O/c1-11(12(2)21)20-16-10-6-5-9-15(16)19-17(20)13-7-3-4-8-14(13)18/h3-11H,1-2H3. The fourth-order valence-electron chi connectivity index (χ4n) is 2.45. The van der Waals surface area contributed by atoms with E-state index in [4.69, 9.17) is 0 Å². The average Bonchev–Trinajstić information content (AvgIpc) is 2.85. The number of nitrogens with zero attached hydrogens (tertiary/aromatic N) is 2. The molecule has 0 aliphatic rings. The lowest BCUT2D eigenvalue weighted by Gasteiger charge is -2.15. The first kappa shape index (κ1) is 13.5. The van der Waals surface area contributed by atoms with Gasteiger partial charge in [-0.05, 0) is 38.1 Å². The van der Waals surface area contributed by atoms with E-state index in [1.807, 2.05) is 24.3 Å². The molecule has 1 heterocycles. The zero-order valence-corrected chi connectivity index (χ0v) is 11.9. The van der Waals surface area contributed by atoms with Crippen LogP contribution in [0.1, 0.15) is 19.9 Å². The van der Waals surface area contributed by atoms with Crippen LogP contribution in [0.5, 0.6) is 0 Å². The monoisotopic (exact) mass is 282 g/mol. The Morgan fingerprint density at radius 1 is 1.14 bits per heavy atom. The lowest BCUT2D eigenvalue weighted by Crippen LogP contribution is -2.14. The van der Waals surface area contributed by atoms with Crippen molar-refractivity contribution in [2.45, 2.75) is 19.9 Å². The number of aromatic nitrogens is 2. The third-order valence-corrected chi connectivity index (χ3v) is 3.69. The largest absolute Gasteiger partial charge is 0.314 e. The van der Waals surface area contributed by atoms with E-state index in [-0.39, 0.29) is 11.6 Å². The minimum absolute atomic E-state index is 0.00995. The number of ketones is 1. The number of fused-ring (bicyclic) bond motifs is 1. The number of para-hydroxylation sites is 2. The molecule has 0 saturated carbocycles. The van der Waals surface area contributed by atoms with Crippen molar-refractivity contribution in [1.82, 2.24) is 9.55 Å². The second kappa shape index (κ2) is 5.13. The highest BCUT2D eigenvalue weighted by Gasteiger charge is 2.21. The SMILES string of the molecule is CC(=O)C(C)n1c(-c2ccccc2F)nc2ccccc21. The second-order valence-electron chi connectivity index (χ2n) is 5.06. The van der Waals surface area contributed by atoms with Crippen molar-refractivity contribution >= 4 is 16.8 Å². The van der Waals surface area contributed by atoms with Crippen LogP contribution in [0.25, 0.3) is 22.4 Å². The summed E-state index contributed by atoms with van der Waals surface area (Å²) in [6.07, 6.45) is 0. The molecule has 1 unspecified atom stereocenters. The Morgan fingerprint density at radius 2 is 1.81 bits per heavy atom. The summed E-state index contributed by atoms with van der Waals surface area (Å²) in [5, 5.41) is 0. The Kier molecular flexibility index (Phi) is 3.29. The molecule has 3 nitrogen and oxygen atoms in total. The third kappa shape index (κ3) is 2.23. The zero-order valence-electron chi connectivity index (χ0n) is 11.9. The number of hydrogen-bond donors (Lipinski definition) is 0. The molecule has 0 aliphatic heterocycles. The molecule has 3 rings (SSSR count). The van der Waals surface area contributed by atoms with E-state index in [2.05, 4.69) is 4.98 Å².